The Bertz CT molecular complexity index is 779. The van der Waals surface area contributed by atoms with Crippen LogP contribution in [0.2, 0.25) is 0 Å². The minimum atomic E-state index is -0.518. The molecule has 1 fully saturated rings. The highest BCUT2D eigenvalue weighted by molar-refractivity contribution is 5.61. The minimum Gasteiger partial charge on any atom is -0.497 e. The third-order valence-corrected chi connectivity index (χ3v) is 4.63. The normalized spacial score (nSPS) is 15.9. The number of morpholine rings is 1. The molecular formula is C19H22FN3O4. The summed E-state index contributed by atoms with van der Waals surface area (Å²) in [6, 6.07) is 11.1. The van der Waals surface area contributed by atoms with Gasteiger partial charge in [0.1, 0.15) is 17.3 Å². The van der Waals surface area contributed by atoms with Crippen molar-refractivity contribution in [2.75, 3.05) is 45.3 Å². The van der Waals surface area contributed by atoms with Crippen molar-refractivity contribution in [1.29, 1.82) is 0 Å². The van der Waals surface area contributed by atoms with Crippen LogP contribution >= 0.6 is 0 Å². The van der Waals surface area contributed by atoms with Crippen LogP contribution in [0.15, 0.2) is 42.5 Å². The third-order valence-electron chi connectivity index (χ3n) is 4.63. The van der Waals surface area contributed by atoms with Gasteiger partial charge in [0.05, 0.1) is 31.3 Å². The Morgan fingerprint density at radius 2 is 1.96 bits per heavy atom. The van der Waals surface area contributed by atoms with Crippen LogP contribution in [-0.2, 0) is 4.74 Å². The molecule has 1 unspecified atom stereocenters. The lowest BCUT2D eigenvalue weighted by Gasteiger charge is -2.35. The van der Waals surface area contributed by atoms with Gasteiger partial charge in [-0.05, 0) is 23.8 Å². The Hall–Kier alpha value is -2.71. The van der Waals surface area contributed by atoms with E-state index in [0.29, 0.717) is 19.8 Å². The number of benzene rings is 2. The Labute approximate surface area is 156 Å². The molecule has 0 aliphatic carbocycles. The number of rotatable bonds is 7. The molecule has 8 heteroatoms. The average molecular weight is 375 g/mol. The van der Waals surface area contributed by atoms with E-state index >= 15 is 0 Å². The molecule has 0 amide bonds. The summed E-state index contributed by atoms with van der Waals surface area (Å²) in [5.41, 5.74) is 1.07. The van der Waals surface area contributed by atoms with Crippen LogP contribution in [0.1, 0.15) is 11.6 Å². The van der Waals surface area contributed by atoms with E-state index in [0.717, 1.165) is 36.5 Å². The SMILES string of the molecule is COc1ccc(C(CNc2cc(F)ccc2[N+](=O)[O-])N2CCOCC2)cc1. The first-order valence-electron chi connectivity index (χ1n) is 8.72. The maximum absolute atomic E-state index is 13.6. The third kappa shape index (κ3) is 4.72. The second kappa shape index (κ2) is 8.79. The summed E-state index contributed by atoms with van der Waals surface area (Å²) in [7, 11) is 1.61. The van der Waals surface area contributed by atoms with Crippen molar-refractivity contribution in [3.63, 3.8) is 0 Å². The molecule has 1 aliphatic rings. The maximum Gasteiger partial charge on any atom is 0.292 e. The smallest absolute Gasteiger partial charge is 0.292 e. The molecule has 1 N–H and O–H groups in total. The van der Waals surface area contributed by atoms with Gasteiger partial charge < -0.3 is 14.8 Å². The zero-order chi connectivity index (χ0) is 19.2. The molecule has 0 radical (unpaired) electrons. The number of nitro benzene ring substituents is 1. The van der Waals surface area contributed by atoms with Crippen molar-refractivity contribution in [3.8, 4) is 5.75 Å². The Balaban J connectivity index is 1.83. The fraction of sp³-hybridized carbons (Fsp3) is 0.368. The van der Waals surface area contributed by atoms with E-state index in [-0.39, 0.29) is 17.4 Å². The van der Waals surface area contributed by atoms with Gasteiger partial charge in [-0.1, -0.05) is 12.1 Å². The number of ether oxygens (including phenoxy) is 2. The lowest BCUT2D eigenvalue weighted by Crippen LogP contribution is -2.41. The van der Waals surface area contributed by atoms with Gasteiger partial charge in [0, 0.05) is 31.8 Å². The summed E-state index contributed by atoms with van der Waals surface area (Å²) in [6.45, 7) is 3.17. The van der Waals surface area contributed by atoms with E-state index in [1.54, 1.807) is 7.11 Å². The molecule has 0 bridgehead atoms. The van der Waals surface area contributed by atoms with Crippen LogP contribution in [0.5, 0.6) is 5.75 Å². The van der Waals surface area contributed by atoms with E-state index in [1.807, 2.05) is 24.3 Å². The first-order valence-corrected chi connectivity index (χ1v) is 8.72. The van der Waals surface area contributed by atoms with E-state index in [4.69, 9.17) is 9.47 Å². The summed E-state index contributed by atoms with van der Waals surface area (Å²) in [5.74, 6) is 0.240. The van der Waals surface area contributed by atoms with Crippen LogP contribution in [0.4, 0.5) is 15.8 Å². The predicted molar refractivity (Wildman–Crippen MR) is 99.7 cm³/mol. The fourth-order valence-corrected chi connectivity index (χ4v) is 3.19. The van der Waals surface area contributed by atoms with Crippen molar-refractivity contribution in [2.45, 2.75) is 6.04 Å². The molecule has 2 aromatic carbocycles. The van der Waals surface area contributed by atoms with Crippen LogP contribution < -0.4 is 10.1 Å². The van der Waals surface area contributed by atoms with Crippen LogP contribution in [0.3, 0.4) is 0 Å². The Morgan fingerprint density at radius 3 is 2.59 bits per heavy atom. The summed E-state index contributed by atoms with van der Waals surface area (Å²) in [5, 5.41) is 14.3. The molecule has 27 heavy (non-hydrogen) atoms. The van der Waals surface area contributed by atoms with Crippen LogP contribution in [-0.4, -0.2) is 49.8 Å². The lowest BCUT2D eigenvalue weighted by atomic mass is 10.0. The van der Waals surface area contributed by atoms with Gasteiger partial charge >= 0.3 is 0 Å². The highest BCUT2D eigenvalue weighted by Gasteiger charge is 2.24. The molecule has 1 saturated heterocycles. The van der Waals surface area contributed by atoms with Gasteiger partial charge in [0.2, 0.25) is 0 Å². The summed E-state index contributed by atoms with van der Waals surface area (Å²) in [4.78, 5) is 13.0. The van der Waals surface area contributed by atoms with Crippen molar-refractivity contribution in [1.82, 2.24) is 4.90 Å². The van der Waals surface area contributed by atoms with Crippen molar-refractivity contribution >= 4 is 11.4 Å². The molecule has 0 saturated carbocycles. The highest BCUT2D eigenvalue weighted by atomic mass is 19.1. The fourth-order valence-electron chi connectivity index (χ4n) is 3.19. The molecule has 1 heterocycles. The quantitative estimate of drug-likeness (QED) is 0.591. The predicted octanol–water partition coefficient (Wildman–Crippen LogP) is 3.23. The zero-order valence-corrected chi connectivity index (χ0v) is 15.1. The number of hydrogen-bond donors (Lipinski definition) is 1. The standard InChI is InChI=1S/C19H22FN3O4/c1-26-16-5-2-14(3-6-16)19(22-8-10-27-11-9-22)13-21-17-12-15(20)4-7-18(17)23(24)25/h2-7,12,19,21H,8-11,13H2,1H3. The van der Waals surface area contributed by atoms with Crippen LogP contribution in [0, 0.1) is 15.9 Å². The minimum absolute atomic E-state index is 0.0392. The average Bonchev–Trinajstić information content (AvgIpc) is 2.69. The van der Waals surface area contributed by atoms with E-state index in [9.17, 15) is 14.5 Å². The van der Waals surface area contributed by atoms with E-state index < -0.39 is 10.7 Å². The molecule has 0 aromatic heterocycles. The molecule has 0 spiro atoms. The highest BCUT2D eigenvalue weighted by Crippen LogP contribution is 2.28. The summed E-state index contributed by atoms with van der Waals surface area (Å²) >= 11 is 0. The van der Waals surface area contributed by atoms with Gasteiger partial charge in [-0.3, -0.25) is 15.0 Å². The molecule has 3 rings (SSSR count). The molecular weight excluding hydrogens is 353 g/mol. The van der Waals surface area contributed by atoms with Crippen LogP contribution in [0.25, 0.3) is 0 Å². The van der Waals surface area contributed by atoms with Gasteiger partial charge in [-0.15, -0.1) is 0 Å². The van der Waals surface area contributed by atoms with Crippen molar-refractivity contribution in [2.24, 2.45) is 0 Å². The second-order valence-corrected chi connectivity index (χ2v) is 6.24. The number of nitro groups is 1. The molecule has 144 valence electrons. The maximum atomic E-state index is 13.6. The van der Waals surface area contributed by atoms with Crippen molar-refractivity contribution < 1.29 is 18.8 Å². The van der Waals surface area contributed by atoms with Crippen molar-refractivity contribution in [3.05, 3.63) is 64.0 Å². The Kier molecular flexibility index (Phi) is 6.20. The monoisotopic (exact) mass is 375 g/mol. The second-order valence-electron chi connectivity index (χ2n) is 6.24. The first-order chi connectivity index (χ1) is 13.1. The number of anilines is 1. The molecule has 2 aromatic rings. The Morgan fingerprint density at radius 1 is 1.26 bits per heavy atom. The molecule has 1 atom stereocenters. The van der Waals surface area contributed by atoms with Gasteiger partial charge in [0.15, 0.2) is 0 Å². The van der Waals surface area contributed by atoms with E-state index in [1.165, 1.54) is 6.07 Å². The lowest BCUT2D eigenvalue weighted by molar-refractivity contribution is -0.384. The number of nitrogens with zero attached hydrogens (tertiary/aromatic N) is 2. The number of hydrogen-bond acceptors (Lipinski definition) is 6. The summed E-state index contributed by atoms with van der Waals surface area (Å²) < 4.78 is 24.2. The van der Waals surface area contributed by atoms with E-state index in [2.05, 4.69) is 10.2 Å². The number of halogens is 1. The number of nitrogens with one attached hydrogen (secondary N) is 1. The van der Waals surface area contributed by atoms with Gasteiger partial charge in [-0.2, -0.15) is 0 Å². The van der Waals surface area contributed by atoms with Gasteiger partial charge in [-0.25, -0.2) is 4.39 Å². The topological polar surface area (TPSA) is 76.9 Å². The zero-order valence-electron chi connectivity index (χ0n) is 15.1. The van der Waals surface area contributed by atoms with Gasteiger partial charge in [0.25, 0.3) is 5.69 Å². The number of methoxy groups -OCH3 is 1. The first kappa shape index (κ1) is 19.1. The molecule has 7 nitrogen and oxygen atoms in total. The molecule has 1 aliphatic heterocycles. The largest absolute Gasteiger partial charge is 0.497 e. The summed E-state index contributed by atoms with van der Waals surface area (Å²) in [6.07, 6.45) is 0.